The topological polar surface area (TPSA) is 24.9 Å². The lowest BCUT2D eigenvalue weighted by Crippen LogP contribution is -2.07. The molecule has 2 nitrogen and oxygen atoms in total. The molecule has 0 aliphatic rings. The summed E-state index contributed by atoms with van der Waals surface area (Å²) in [6.45, 7) is 5.15. The van der Waals surface area contributed by atoms with Crippen molar-refractivity contribution < 1.29 is 0 Å². The fourth-order valence-corrected chi connectivity index (χ4v) is 2.44. The molecule has 0 bridgehead atoms. The molecule has 0 spiro atoms. The summed E-state index contributed by atoms with van der Waals surface area (Å²) in [5.41, 5.74) is 3.91. The van der Waals surface area contributed by atoms with Gasteiger partial charge in [-0.1, -0.05) is 31.2 Å². The van der Waals surface area contributed by atoms with E-state index in [2.05, 4.69) is 70.4 Å². The number of nitrogens with one attached hydrogen (secondary N) is 1. The van der Waals surface area contributed by atoms with E-state index >= 15 is 0 Å². The van der Waals surface area contributed by atoms with Gasteiger partial charge in [-0.05, 0) is 58.5 Å². The van der Waals surface area contributed by atoms with Gasteiger partial charge in [0.1, 0.15) is 5.82 Å². The fraction of sp³-hybridized carbons (Fsp3) is 0.312. The Balaban J connectivity index is 1.88. The molecule has 0 amide bonds. The molecule has 0 aliphatic carbocycles. The Morgan fingerprint density at radius 2 is 1.84 bits per heavy atom. The first-order valence-corrected chi connectivity index (χ1v) is 7.42. The second kappa shape index (κ2) is 6.71. The van der Waals surface area contributed by atoms with Crippen LogP contribution in [0.5, 0.6) is 0 Å². The van der Waals surface area contributed by atoms with E-state index in [0.717, 1.165) is 35.2 Å². The van der Waals surface area contributed by atoms with Crippen LogP contribution in [0.3, 0.4) is 0 Å². The van der Waals surface area contributed by atoms with Gasteiger partial charge in [-0.25, -0.2) is 4.98 Å². The predicted octanol–water partition coefficient (Wildman–Crippen LogP) is 4.37. The number of anilines is 1. The summed E-state index contributed by atoms with van der Waals surface area (Å²) in [7, 11) is 0. The average Bonchev–Trinajstić information content (AvgIpc) is 2.42. The highest BCUT2D eigenvalue weighted by atomic mass is 79.9. The van der Waals surface area contributed by atoms with E-state index in [9.17, 15) is 0 Å². The summed E-state index contributed by atoms with van der Waals surface area (Å²) in [6.07, 6.45) is 3.94. The molecule has 0 saturated heterocycles. The second-order valence-electron chi connectivity index (χ2n) is 4.67. The van der Waals surface area contributed by atoms with Crippen molar-refractivity contribution in [2.24, 2.45) is 0 Å². The molecular weight excluding hydrogens is 300 g/mol. The van der Waals surface area contributed by atoms with E-state index in [1.54, 1.807) is 0 Å². The summed E-state index contributed by atoms with van der Waals surface area (Å²) < 4.78 is 1.02. The fourth-order valence-electron chi connectivity index (χ4n) is 1.99. The zero-order valence-corrected chi connectivity index (χ0v) is 13.0. The van der Waals surface area contributed by atoms with E-state index in [4.69, 9.17) is 0 Å². The second-order valence-corrected chi connectivity index (χ2v) is 5.58. The molecule has 0 saturated carbocycles. The summed E-state index contributed by atoms with van der Waals surface area (Å²) in [6, 6.07) is 10.9. The maximum Gasteiger partial charge on any atom is 0.128 e. The van der Waals surface area contributed by atoms with Crippen LogP contribution in [0.1, 0.15) is 23.6 Å². The Morgan fingerprint density at radius 3 is 2.47 bits per heavy atom. The minimum atomic E-state index is 0.904. The van der Waals surface area contributed by atoms with Gasteiger partial charge in [0.15, 0.2) is 0 Å². The third kappa shape index (κ3) is 4.06. The van der Waals surface area contributed by atoms with E-state index < -0.39 is 0 Å². The van der Waals surface area contributed by atoms with Crippen LogP contribution in [-0.4, -0.2) is 11.5 Å². The standard InChI is InChI=1S/C16H19BrN2/c1-3-13-4-6-14(7-5-13)8-9-18-16-12(2)10-15(17)11-19-16/h4-7,10-11H,3,8-9H2,1-2H3,(H,18,19). The normalized spacial score (nSPS) is 10.5. The van der Waals surface area contributed by atoms with Crippen LogP contribution in [0.25, 0.3) is 0 Å². The molecule has 1 N–H and O–H groups in total. The number of halogens is 1. The highest BCUT2D eigenvalue weighted by molar-refractivity contribution is 9.10. The molecule has 0 unspecified atom stereocenters. The maximum atomic E-state index is 4.38. The average molecular weight is 319 g/mol. The van der Waals surface area contributed by atoms with Gasteiger partial charge in [0.2, 0.25) is 0 Å². The Morgan fingerprint density at radius 1 is 1.16 bits per heavy atom. The van der Waals surface area contributed by atoms with Crippen LogP contribution in [0.2, 0.25) is 0 Å². The number of pyridine rings is 1. The van der Waals surface area contributed by atoms with Gasteiger partial charge in [-0.2, -0.15) is 0 Å². The third-order valence-corrected chi connectivity index (χ3v) is 3.62. The van der Waals surface area contributed by atoms with Crippen LogP contribution in [0.4, 0.5) is 5.82 Å². The first-order chi connectivity index (χ1) is 9.19. The highest BCUT2D eigenvalue weighted by Crippen LogP contribution is 2.16. The van der Waals surface area contributed by atoms with E-state index in [1.165, 1.54) is 11.1 Å². The van der Waals surface area contributed by atoms with E-state index in [1.807, 2.05) is 6.20 Å². The monoisotopic (exact) mass is 318 g/mol. The van der Waals surface area contributed by atoms with Crippen LogP contribution < -0.4 is 5.32 Å². The number of benzene rings is 1. The maximum absolute atomic E-state index is 4.38. The van der Waals surface area contributed by atoms with Crippen LogP contribution in [0.15, 0.2) is 41.0 Å². The molecule has 100 valence electrons. The minimum Gasteiger partial charge on any atom is -0.370 e. The van der Waals surface area contributed by atoms with Gasteiger partial charge >= 0.3 is 0 Å². The van der Waals surface area contributed by atoms with Gasteiger partial charge in [-0.15, -0.1) is 0 Å². The lowest BCUT2D eigenvalue weighted by Gasteiger charge is -2.09. The quantitative estimate of drug-likeness (QED) is 0.885. The van der Waals surface area contributed by atoms with Gasteiger partial charge < -0.3 is 5.32 Å². The molecule has 0 radical (unpaired) electrons. The molecule has 0 aliphatic heterocycles. The highest BCUT2D eigenvalue weighted by Gasteiger charge is 2.00. The lowest BCUT2D eigenvalue weighted by molar-refractivity contribution is 0.996. The van der Waals surface area contributed by atoms with Crippen LogP contribution >= 0.6 is 15.9 Å². The molecule has 19 heavy (non-hydrogen) atoms. The molecular formula is C16H19BrN2. The molecule has 2 aromatic rings. The predicted molar refractivity (Wildman–Crippen MR) is 84.7 cm³/mol. The summed E-state index contributed by atoms with van der Waals surface area (Å²) in [5, 5.41) is 3.39. The molecule has 3 heteroatoms. The molecule has 1 aromatic carbocycles. The van der Waals surface area contributed by atoms with Crippen molar-refractivity contribution in [2.45, 2.75) is 26.7 Å². The van der Waals surface area contributed by atoms with Crippen molar-refractivity contribution in [1.82, 2.24) is 4.98 Å². The first kappa shape index (κ1) is 14.1. The molecule has 1 heterocycles. The van der Waals surface area contributed by atoms with Gasteiger partial charge in [-0.3, -0.25) is 0 Å². The third-order valence-electron chi connectivity index (χ3n) is 3.18. The van der Waals surface area contributed by atoms with E-state index in [-0.39, 0.29) is 0 Å². The number of aryl methyl sites for hydroxylation is 2. The number of hydrogen-bond donors (Lipinski definition) is 1. The molecule has 1 aromatic heterocycles. The largest absolute Gasteiger partial charge is 0.370 e. The van der Waals surface area contributed by atoms with Crippen LogP contribution in [-0.2, 0) is 12.8 Å². The first-order valence-electron chi connectivity index (χ1n) is 6.63. The molecule has 0 atom stereocenters. The van der Waals surface area contributed by atoms with Crippen molar-refractivity contribution in [3.05, 3.63) is 57.7 Å². The number of nitrogens with zero attached hydrogens (tertiary/aromatic N) is 1. The Labute approximate surface area is 123 Å². The molecule has 2 rings (SSSR count). The Hall–Kier alpha value is -1.35. The minimum absolute atomic E-state index is 0.904. The van der Waals surface area contributed by atoms with Crippen molar-refractivity contribution in [3.8, 4) is 0 Å². The Kier molecular flexibility index (Phi) is 4.97. The van der Waals surface area contributed by atoms with Gasteiger partial charge in [0.25, 0.3) is 0 Å². The number of hydrogen-bond acceptors (Lipinski definition) is 2. The van der Waals surface area contributed by atoms with E-state index in [0.29, 0.717) is 0 Å². The molecule has 0 fully saturated rings. The summed E-state index contributed by atoms with van der Waals surface area (Å²) in [5.74, 6) is 0.966. The summed E-state index contributed by atoms with van der Waals surface area (Å²) in [4.78, 5) is 4.38. The van der Waals surface area contributed by atoms with Gasteiger partial charge in [0, 0.05) is 17.2 Å². The van der Waals surface area contributed by atoms with Crippen LogP contribution in [0, 0.1) is 6.92 Å². The SMILES string of the molecule is CCc1ccc(CCNc2ncc(Br)cc2C)cc1. The number of rotatable bonds is 5. The number of aromatic nitrogens is 1. The van der Waals surface area contributed by atoms with Gasteiger partial charge in [0.05, 0.1) is 0 Å². The lowest BCUT2D eigenvalue weighted by atomic mass is 10.1. The smallest absolute Gasteiger partial charge is 0.128 e. The van der Waals surface area contributed by atoms with Crippen molar-refractivity contribution in [3.63, 3.8) is 0 Å². The van der Waals surface area contributed by atoms with Crippen molar-refractivity contribution in [1.29, 1.82) is 0 Å². The summed E-state index contributed by atoms with van der Waals surface area (Å²) >= 11 is 3.42. The zero-order chi connectivity index (χ0) is 13.7. The van der Waals surface area contributed by atoms with Crippen molar-refractivity contribution >= 4 is 21.7 Å². The van der Waals surface area contributed by atoms with Crippen molar-refractivity contribution in [2.75, 3.05) is 11.9 Å². The Bertz CT molecular complexity index is 535. The zero-order valence-electron chi connectivity index (χ0n) is 11.4.